The lowest BCUT2D eigenvalue weighted by Gasteiger charge is -2.62. The van der Waals surface area contributed by atoms with E-state index in [1.54, 1.807) is 0 Å². The lowest BCUT2D eigenvalue weighted by atomic mass is 9.43. The predicted octanol–water partition coefficient (Wildman–Crippen LogP) is 5.15. The van der Waals surface area contributed by atoms with Crippen molar-refractivity contribution in [3.8, 4) is 0 Å². The van der Waals surface area contributed by atoms with Crippen LogP contribution in [0.4, 0.5) is 0 Å². The fraction of sp³-hybridized carbons (Fsp3) is 0.828. The highest BCUT2D eigenvalue weighted by Gasteiger charge is 2.63. The second-order valence-electron chi connectivity index (χ2n) is 13.0. The first-order valence-electron chi connectivity index (χ1n) is 13.6. The van der Waals surface area contributed by atoms with Gasteiger partial charge in [-0.3, -0.25) is 4.98 Å². The van der Waals surface area contributed by atoms with Crippen LogP contribution in [-0.2, 0) is 6.42 Å². The molecule has 0 aromatic carbocycles. The highest BCUT2D eigenvalue weighted by molar-refractivity contribution is 5.13. The Kier molecular flexibility index (Phi) is 6.19. The lowest BCUT2D eigenvalue weighted by Crippen LogP contribution is -2.59. The van der Waals surface area contributed by atoms with Crippen molar-refractivity contribution < 1.29 is 15.3 Å². The molecule has 0 radical (unpaired) electrons. The maximum atomic E-state index is 11.7. The summed E-state index contributed by atoms with van der Waals surface area (Å²) in [5, 5.41) is 33.2. The molecule has 1 aromatic heterocycles. The maximum Gasteiger partial charge on any atom is 0.0653 e. The van der Waals surface area contributed by atoms with Crippen molar-refractivity contribution in [3.63, 3.8) is 0 Å². The van der Waals surface area contributed by atoms with E-state index in [0.717, 1.165) is 51.4 Å². The molecule has 1 aromatic rings. The van der Waals surface area contributed by atoms with E-state index in [1.807, 2.05) is 18.5 Å². The van der Waals surface area contributed by atoms with Gasteiger partial charge in [0.05, 0.1) is 17.8 Å². The molecule has 4 aliphatic rings. The van der Waals surface area contributed by atoms with E-state index in [1.165, 1.54) is 24.8 Å². The largest absolute Gasteiger partial charge is 0.393 e. The second-order valence-corrected chi connectivity index (χ2v) is 13.0. The summed E-state index contributed by atoms with van der Waals surface area (Å²) in [6.07, 6.45) is 14.4. The minimum Gasteiger partial charge on any atom is -0.393 e. The van der Waals surface area contributed by atoms with E-state index in [-0.39, 0.29) is 29.0 Å². The molecule has 3 N–H and O–H groups in total. The van der Waals surface area contributed by atoms with Crippen LogP contribution < -0.4 is 0 Å². The van der Waals surface area contributed by atoms with Crippen molar-refractivity contribution in [3.05, 3.63) is 30.1 Å². The zero-order chi connectivity index (χ0) is 23.4. The van der Waals surface area contributed by atoms with Crippen LogP contribution in [0.1, 0.15) is 90.5 Å². The Balaban J connectivity index is 1.30. The average molecular weight is 456 g/mol. The van der Waals surface area contributed by atoms with Crippen LogP contribution in [0.15, 0.2) is 24.5 Å². The van der Waals surface area contributed by atoms with Crippen molar-refractivity contribution in [2.45, 2.75) is 109 Å². The Morgan fingerprint density at radius 3 is 2.52 bits per heavy atom. The van der Waals surface area contributed by atoms with Crippen LogP contribution in [-0.4, -0.2) is 38.1 Å². The molecular formula is C29H45NO3. The number of rotatable bonds is 5. The van der Waals surface area contributed by atoms with Gasteiger partial charge >= 0.3 is 0 Å². The number of fused-ring (bicyclic) bond motifs is 5. The zero-order valence-electron chi connectivity index (χ0n) is 20.9. The van der Waals surface area contributed by atoms with Crippen LogP contribution in [0.3, 0.4) is 0 Å². The Morgan fingerprint density at radius 2 is 1.76 bits per heavy atom. The van der Waals surface area contributed by atoms with Gasteiger partial charge in [-0.2, -0.15) is 0 Å². The molecule has 184 valence electrons. The molecule has 0 bridgehead atoms. The Morgan fingerprint density at radius 1 is 1.00 bits per heavy atom. The van der Waals surface area contributed by atoms with Gasteiger partial charge in [0.2, 0.25) is 0 Å². The Labute approximate surface area is 200 Å². The van der Waals surface area contributed by atoms with Gasteiger partial charge in [-0.05, 0) is 130 Å². The standard InChI is InChI=1S/C29H45NO3/c1-27-13-10-20(31)16-24(27)25(32)17-21-22-8-9-26(28(22,2)14-11-23(21)27)29(3,33)12-4-6-19-7-5-15-30-18-19/h5,7,15,18,20-26,31-33H,4,6,8-14,16-17H2,1-3H3/t20-,21-,22-,23-,24+,25-,26-,27+,28-,29-/m0/s1. The third-order valence-electron chi connectivity index (χ3n) is 11.3. The average Bonchev–Trinajstić information content (AvgIpc) is 3.14. The van der Waals surface area contributed by atoms with Gasteiger partial charge < -0.3 is 15.3 Å². The first kappa shape index (κ1) is 23.8. The fourth-order valence-corrected chi connectivity index (χ4v) is 9.67. The molecule has 0 aliphatic heterocycles. The van der Waals surface area contributed by atoms with Crippen molar-refractivity contribution in [2.75, 3.05) is 0 Å². The van der Waals surface area contributed by atoms with Gasteiger partial charge in [0.1, 0.15) is 0 Å². The summed E-state index contributed by atoms with van der Waals surface area (Å²) < 4.78 is 0. The van der Waals surface area contributed by atoms with Gasteiger partial charge in [-0.15, -0.1) is 0 Å². The molecule has 4 nitrogen and oxygen atoms in total. The summed E-state index contributed by atoms with van der Waals surface area (Å²) in [5.41, 5.74) is 0.928. The number of aliphatic hydroxyl groups is 3. The predicted molar refractivity (Wildman–Crippen MR) is 130 cm³/mol. The van der Waals surface area contributed by atoms with E-state index in [2.05, 4.69) is 31.8 Å². The number of aliphatic hydroxyl groups excluding tert-OH is 2. The number of hydrogen-bond acceptors (Lipinski definition) is 4. The minimum atomic E-state index is -0.646. The third-order valence-corrected chi connectivity index (χ3v) is 11.3. The first-order chi connectivity index (χ1) is 15.6. The van der Waals surface area contributed by atoms with Gasteiger partial charge in [0.15, 0.2) is 0 Å². The molecule has 33 heavy (non-hydrogen) atoms. The Bertz CT molecular complexity index is 827. The van der Waals surface area contributed by atoms with Crippen LogP contribution >= 0.6 is 0 Å². The van der Waals surface area contributed by atoms with Crippen LogP contribution in [0, 0.1) is 40.4 Å². The zero-order valence-corrected chi connectivity index (χ0v) is 20.9. The van der Waals surface area contributed by atoms with Gasteiger partial charge in [0, 0.05) is 12.4 Å². The number of pyridine rings is 1. The monoisotopic (exact) mass is 455 g/mol. The number of nitrogens with zero attached hydrogens (tertiary/aromatic N) is 1. The van der Waals surface area contributed by atoms with E-state index in [4.69, 9.17) is 0 Å². The van der Waals surface area contributed by atoms with Crippen molar-refractivity contribution in [2.24, 2.45) is 40.4 Å². The molecule has 4 heteroatoms. The maximum absolute atomic E-state index is 11.7. The second kappa shape index (κ2) is 8.60. The van der Waals surface area contributed by atoms with Crippen LogP contribution in [0.25, 0.3) is 0 Å². The number of hydrogen-bond donors (Lipinski definition) is 3. The fourth-order valence-electron chi connectivity index (χ4n) is 9.67. The van der Waals surface area contributed by atoms with Gasteiger partial charge in [-0.1, -0.05) is 19.9 Å². The first-order valence-corrected chi connectivity index (χ1v) is 13.6. The van der Waals surface area contributed by atoms with Gasteiger partial charge in [-0.25, -0.2) is 0 Å². The van der Waals surface area contributed by atoms with E-state index < -0.39 is 5.60 Å². The molecule has 0 unspecified atom stereocenters. The molecule has 5 rings (SSSR count). The van der Waals surface area contributed by atoms with E-state index in [9.17, 15) is 15.3 Å². The summed E-state index contributed by atoms with van der Waals surface area (Å²) in [6.45, 7) is 6.98. The topological polar surface area (TPSA) is 73.6 Å². The van der Waals surface area contributed by atoms with Gasteiger partial charge in [0.25, 0.3) is 0 Å². The SMILES string of the molecule is C[C@]12CC[C@H](O)C[C@@H]1[C@@H](O)C[C@@H]1[C@@H]2CC[C@@]2(C)[C@H]1CC[C@@H]2[C@@](C)(O)CCCc1cccnc1. The number of aryl methyl sites for hydroxylation is 1. The molecule has 0 saturated heterocycles. The summed E-state index contributed by atoms with van der Waals surface area (Å²) in [6, 6.07) is 4.12. The molecule has 0 spiro atoms. The highest BCUT2D eigenvalue weighted by Crippen LogP contribution is 2.68. The van der Waals surface area contributed by atoms with E-state index >= 15 is 0 Å². The van der Waals surface area contributed by atoms with Crippen molar-refractivity contribution in [1.82, 2.24) is 4.98 Å². The summed E-state index contributed by atoms with van der Waals surface area (Å²) in [4.78, 5) is 4.23. The molecule has 0 amide bonds. The minimum absolute atomic E-state index is 0.160. The highest BCUT2D eigenvalue weighted by atomic mass is 16.3. The molecule has 4 aliphatic carbocycles. The molecular weight excluding hydrogens is 410 g/mol. The molecule has 4 fully saturated rings. The third kappa shape index (κ3) is 3.98. The summed E-state index contributed by atoms with van der Waals surface area (Å²) >= 11 is 0. The number of aromatic nitrogens is 1. The quantitative estimate of drug-likeness (QED) is 0.574. The molecule has 1 heterocycles. The molecule has 4 saturated carbocycles. The van der Waals surface area contributed by atoms with Crippen LogP contribution in [0.5, 0.6) is 0 Å². The smallest absolute Gasteiger partial charge is 0.0653 e. The van der Waals surface area contributed by atoms with Crippen molar-refractivity contribution >= 4 is 0 Å². The Hall–Kier alpha value is -0.970. The summed E-state index contributed by atoms with van der Waals surface area (Å²) in [5.74, 6) is 2.41. The normalized spacial score (nSPS) is 46.7. The van der Waals surface area contributed by atoms with Crippen LogP contribution in [0.2, 0.25) is 0 Å². The lowest BCUT2D eigenvalue weighted by molar-refractivity contribution is -0.179. The molecule has 10 atom stereocenters. The summed E-state index contributed by atoms with van der Waals surface area (Å²) in [7, 11) is 0. The van der Waals surface area contributed by atoms with Crippen molar-refractivity contribution in [1.29, 1.82) is 0 Å². The van der Waals surface area contributed by atoms with E-state index in [0.29, 0.717) is 23.7 Å².